The van der Waals surface area contributed by atoms with E-state index in [0.29, 0.717) is 42.7 Å². The van der Waals surface area contributed by atoms with Gasteiger partial charge in [0.2, 0.25) is 0 Å². The van der Waals surface area contributed by atoms with E-state index in [1.165, 1.54) is 11.3 Å². The Morgan fingerprint density at radius 3 is 1.95 bits per heavy atom. The van der Waals surface area contributed by atoms with Crippen molar-refractivity contribution in [1.82, 2.24) is 0 Å². The molecule has 0 atom stereocenters. The molecule has 2 aliphatic rings. The standard InChI is InChI=1S/C12H8BBrO4S2/c13-11-7-5(15-1-3-17-7)9(19-11)10-6-8(12(14)20-10)18-4-2-16-6/h1-4H2. The van der Waals surface area contributed by atoms with Gasteiger partial charge < -0.3 is 18.9 Å². The second kappa shape index (κ2) is 4.86. The van der Waals surface area contributed by atoms with Gasteiger partial charge in [-0.05, 0) is 20.7 Å². The molecule has 0 saturated heterocycles. The van der Waals surface area contributed by atoms with Gasteiger partial charge in [-0.1, -0.05) is 0 Å². The van der Waals surface area contributed by atoms with Crippen molar-refractivity contribution in [3.8, 4) is 32.8 Å². The Morgan fingerprint density at radius 1 is 0.750 bits per heavy atom. The molecule has 4 rings (SSSR count). The first-order valence-electron chi connectivity index (χ1n) is 6.02. The first kappa shape index (κ1) is 12.9. The third-order valence-electron chi connectivity index (χ3n) is 2.99. The first-order valence-corrected chi connectivity index (χ1v) is 8.44. The summed E-state index contributed by atoms with van der Waals surface area (Å²) in [5.41, 5.74) is 0. The molecule has 2 radical (unpaired) electrons. The maximum atomic E-state index is 6.02. The smallest absolute Gasteiger partial charge is 0.187 e. The monoisotopic (exact) mass is 370 g/mol. The number of rotatable bonds is 1. The predicted octanol–water partition coefficient (Wildman–Crippen LogP) is 2.58. The summed E-state index contributed by atoms with van der Waals surface area (Å²) in [7, 11) is 6.02. The van der Waals surface area contributed by atoms with Crippen molar-refractivity contribution in [2.24, 2.45) is 0 Å². The summed E-state index contributed by atoms with van der Waals surface area (Å²) >= 11 is 6.52. The summed E-state index contributed by atoms with van der Waals surface area (Å²) in [5, 5.41) is 0. The quantitative estimate of drug-likeness (QED) is 0.723. The Kier molecular flexibility index (Phi) is 3.12. The van der Waals surface area contributed by atoms with Crippen molar-refractivity contribution in [3.05, 3.63) is 3.79 Å². The molecule has 4 nitrogen and oxygen atoms in total. The predicted molar refractivity (Wildman–Crippen MR) is 82.7 cm³/mol. The highest BCUT2D eigenvalue weighted by Gasteiger charge is 2.30. The fourth-order valence-corrected chi connectivity index (χ4v) is 4.96. The third-order valence-corrected chi connectivity index (χ3v) is 5.92. The van der Waals surface area contributed by atoms with Crippen molar-refractivity contribution >= 4 is 51.2 Å². The van der Waals surface area contributed by atoms with Crippen LogP contribution in [0.3, 0.4) is 0 Å². The summed E-state index contributed by atoms with van der Waals surface area (Å²) < 4.78 is 24.3. The number of fused-ring (bicyclic) bond motifs is 2. The van der Waals surface area contributed by atoms with Gasteiger partial charge in [0.25, 0.3) is 0 Å². The van der Waals surface area contributed by atoms with Crippen molar-refractivity contribution in [2.45, 2.75) is 0 Å². The average Bonchev–Trinajstić information content (AvgIpc) is 2.99. The van der Waals surface area contributed by atoms with Crippen LogP contribution in [-0.4, -0.2) is 34.3 Å². The van der Waals surface area contributed by atoms with Gasteiger partial charge in [0.15, 0.2) is 23.0 Å². The second-order valence-corrected chi connectivity index (χ2v) is 7.60. The highest BCUT2D eigenvalue weighted by atomic mass is 79.9. The fraction of sp³-hybridized carbons (Fsp3) is 0.333. The number of hydrogen-bond acceptors (Lipinski definition) is 6. The molecule has 0 bridgehead atoms. The van der Waals surface area contributed by atoms with Crippen LogP contribution in [0, 0.1) is 0 Å². The molecule has 0 saturated carbocycles. The zero-order chi connectivity index (χ0) is 13.7. The van der Waals surface area contributed by atoms with Crippen LogP contribution in [0.1, 0.15) is 0 Å². The second-order valence-electron chi connectivity index (χ2n) is 4.21. The maximum absolute atomic E-state index is 6.02. The van der Waals surface area contributed by atoms with E-state index < -0.39 is 0 Å². The van der Waals surface area contributed by atoms with Crippen LogP contribution in [0.4, 0.5) is 0 Å². The molecule has 20 heavy (non-hydrogen) atoms. The summed E-state index contributed by atoms with van der Waals surface area (Å²) in [6, 6.07) is 0. The van der Waals surface area contributed by atoms with Gasteiger partial charge in [0.05, 0.1) is 9.75 Å². The van der Waals surface area contributed by atoms with Gasteiger partial charge in [-0.25, -0.2) is 0 Å². The zero-order valence-electron chi connectivity index (χ0n) is 10.2. The number of ether oxygens (including phenoxy) is 4. The molecule has 0 aromatic carbocycles. The largest absolute Gasteiger partial charge is 0.486 e. The van der Waals surface area contributed by atoms with Crippen molar-refractivity contribution in [1.29, 1.82) is 0 Å². The van der Waals surface area contributed by atoms with Gasteiger partial charge >= 0.3 is 0 Å². The van der Waals surface area contributed by atoms with E-state index in [2.05, 4.69) is 15.9 Å². The SMILES string of the molecule is [B]c1sc(-c2sc(Br)c3c2OCCO3)c2c1OCCO2. The van der Waals surface area contributed by atoms with Gasteiger partial charge in [-0.3, -0.25) is 0 Å². The normalized spacial score (nSPS) is 16.2. The molecule has 0 aliphatic carbocycles. The number of hydrogen-bond donors (Lipinski definition) is 0. The molecule has 102 valence electrons. The number of halogens is 1. The topological polar surface area (TPSA) is 36.9 Å². The van der Waals surface area contributed by atoms with Gasteiger partial charge in [0, 0.05) is 0 Å². The Morgan fingerprint density at radius 2 is 1.25 bits per heavy atom. The van der Waals surface area contributed by atoms with Crippen LogP contribution >= 0.6 is 38.6 Å². The van der Waals surface area contributed by atoms with Crippen LogP contribution in [0.15, 0.2) is 3.79 Å². The van der Waals surface area contributed by atoms with Gasteiger partial charge in [-0.2, -0.15) is 0 Å². The molecule has 0 N–H and O–H groups in total. The Hall–Kier alpha value is -0.855. The van der Waals surface area contributed by atoms with Crippen molar-refractivity contribution in [3.63, 3.8) is 0 Å². The minimum Gasteiger partial charge on any atom is -0.486 e. The number of thiophene rings is 2. The molecule has 2 aromatic heterocycles. The van der Waals surface area contributed by atoms with E-state index in [1.54, 1.807) is 11.3 Å². The van der Waals surface area contributed by atoms with E-state index in [-0.39, 0.29) is 0 Å². The third kappa shape index (κ3) is 1.85. The van der Waals surface area contributed by atoms with E-state index in [0.717, 1.165) is 25.0 Å². The molecule has 0 amide bonds. The molecular weight excluding hydrogens is 363 g/mol. The molecule has 0 unspecified atom stereocenters. The van der Waals surface area contributed by atoms with Crippen LogP contribution < -0.4 is 23.7 Å². The van der Waals surface area contributed by atoms with Crippen LogP contribution in [0.2, 0.25) is 0 Å². The molecule has 0 fully saturated rings. The van der Waals surface area contributed by atoms with E-state index >= 15 is 0 Å². The minimum atomic E-state index is 0.527. The lowest BCUT2D eigenvalue weighted by Crippen LogP contribution is -2.18. The lowest BCUT2D eigenvalue weighted by atomic mass is 10.1. The minimum absolute atomic E-state index is 0.527. The summed E-state index contributed by atoms with van der Waals surface area (Å²) in [6.45, 7) is 2.16. The summed E-state index contributed by atoms with van der Waals surface area (Å²) in [6.07, 6.45) is 0. The Balaban J connectivity index is 1.90. The average molecular weight is 371 g/mol. The lowest BCUT2D eigenvalue weighted by molar-refractivity contribution is 0.172. The van der Waals surface area contributed by atoms with Crippen LogP contribution in [-0.2, 0) is 0 Å². The fourth-order valence-electron chi connectivity index (χ4n) is 2.19. The van der Waals surface area contributed by atoms with Gasteiger partial charge in [-0.15, -0.1) is 22.7 Å². The van der Waals surface area contributed by atoms with Crippen LogP contribution in [0.25, 0.3) is 9.75 Å². The van der Waals surface area contributed by atoms with E-state index in [9.17, 15) is 0 Å². The molecular formula is C12H8BBrO4S2. The maximum Gasteiger partial charge on any atom is 0.187 e. The summed E-state index contributed by atoms with van der Waals surface area (Å²) in [5.74, 6) is 2.87. The molecule has 2 aromatic rings. The highest BCUT2D eigenvalue weighted by molar-refractivity contribution is 9.11. The Labute approximate surface area is 133 Å². The molecule has 2 aliphatic heterocycles. The highest BCUT2D eigenvalue weighted by Crippen LogP contribution is 2.56. The van der Waals surface area contributed by atoms with Crippen molar-refractivity contribution in [2.75, 3.05) is 26.4 Å². The lowest BCUT2D eigenvalue weighted by Gasteiger charge is -2.18. The van der Waals surface area contributed by atoms with Gasteiger partial charge in [0.1, 0.15) is 38.1 Å². The molecule has 0 spiro atoms. The van der Waals surface area contributed by atoms with E-state index in [4.69, 9.17) is 26.8 Å². The summed E-state index contributed by atoms with van der Waals surface area (Å²) in [4.78, 5) is 1.91. The molecule has 8 heteroatoms. The molecule has 4 heterocycles. The first-order chi connectivity index (χ1) is 9.75. The zero-order valence-corrected chi connectivity index (χ0v) is 13.5. The Bertz CT molecular complexity index is 623. The van der Waals surface area contributed by atoms with Crippen molar-refractivity contribution < 1.29 is 18.9 Å². The van der Waals surface area contributed by atoms with Crippen LogP contribution in [0.5, 0.6) is 23.0 Å². The van der Waals surface area contributed by atoms with E-state index in [1.807, 2.05) is 0 Å².